The molecule has 3 fully saturated rings. The summed E-state index contributed by atoms with van der Waals surface area (Å²) in [7, 11) is 0. The lowest BCUT2D eigenvalue weighted by Crippen LogP contribution is -2.43. The number of rotatable bonds is 6. The Morgan fingerprint density at radius 3 is 2.56 bits per heavy atom. The van der Waals surface area contributed by atoms with Crippen LogP contribution in [0.4, 0.5) is 8.78 Å². The van der Waals surface area contributed by atoms with Crippen LogP contribution in [0.1, 0.15) is 85.5 Å². The van der Waals surface area contributed by atoms with E-state index < -0.39 is 23.7 Å². The van der Waals surface area contributed by atoms with Gasteiger partial charge in [-0.3, -0.25) is 0 Å². The molecule has 0 aromatic rings. The first-order valence-electron chi connectivity index (χ1n) is 12.3. The molecule has 6 atom stereocenters. The molecule has 0 aliphatic heterocycles. The SMILES string of the molecule is C=C1/C(=C\C=C2/CCCC3(C)C2CCC3C(C)CCC(F)(F)C(C)(C)O)CC(O)CC1O. The molecule has 32 heavy (non-hydrogen) atoms. The molecule has 0 heterocycles. The molecule has 0 aromatic heterocycles. The number of alkyl halides is 2. The van der Waals surface area contributed by atoms with Gasteiger partial charge in [0.15, 0.2) is 0 Å². The van der Waals surface area contributed by atoms with Crippen molar-refractivity contribution in [3.05, 3.63) is 35.5 Å². The van der Waals surface area contributed by atoms with Crippen molar-refractivity contribution < 1.29 is 24.1 Å². The smallest absolute Gasteiger partial charge is 0.275 e. The molecule has 0 aromatic carbocycles. The van der Waals surface area contributed by atoms with Crippen LogP contribution >= 0.6 is 0 Å². The van der Waals surface area contributed by atoms with Crippen molar-refractivity contribution in [3.8, 4) is 0 Å². The van der Waals surface area contributed by atoms with Gasteiger partial charge in [0.2, 0.25) is 0 Å². The fourth-order valence-electron chi connectivity index (χ4n) is 6.60. The lowest BCUT2D eigenvalue weighted by atomic mass is 9.60. The summed E-state index contributed by atoms with van der Waals surface area (Å²) in [5.74, 6) is -2.06. The summed E-state index contributed by atoms with van der Waals surface area (Å²) in [6.45, 7) is 10.8. The van der Waals surface area contributed by atoms with E-state index in [0.717, 1.165) is 37.7 Å². The van der Waals surface area contributed by atoms with Crippen molar-refractivity contribution in [2.45, 2.75) is 109 Å². The zero-order valence-electron chi connectivity index (χ0n) is 20.2. The Morgan fingerprint density at radius 2 is 1.91 bits per heavy atom. The van der Waals surface area contributed by atoms with Crippen molar-refractivity contribution in [1.82, 2.24) is 0 Å². The largest absolute Gasteiger partial charge is 0.393 e. The van der Waals surface area contributed by atoms with E-state index in [4.69, 9.17) is 0 Å². The number of aliphatic hydroxyl groups is 3. The number of hydrogen-bond donors (Lipinski definition) is 3. The topological polar surface area (TPSA) is 60.7 Å². The van der Waals surface area contributed by atoms with Crippen LogP contribution in [0.15, 0.2) is 35.5 Å². The molecule has 5 heteroatoms. The maximum atomic E-state index is 14.3. The van der Waals surface area contributed by atoms with Crippen molar-refractivity contribution in [2.24, 2.45) is 23.2 Å². The third-order valence-corrected chi connectivity index (χ3v) is 8.80. The number of halogens is 2. The van der Waals surface area contributed by atoms with Crippen LogP contribution in [-0.4, -0.2) is 39.1 Å². The van der Waals surface area contributed by atoms with Crippen LogP contribution in [-0.2, 0) is 0 Å². The Balaban J connectivity index is 1.73. The zero-order chi connectivity index (χ0) is 23.9. The fraction of sp³-hybridized carbons (Fsp3) is 0.778. The fourth-order valence-corrected chi connectivity index (χ4v) is 6.60. The summed E-state index contributed by atoms with van der Waals surface area (Å²) in [5.41, 5.74) is 1.15. The highest BCUT2D eigenvalue weighted by molar-refractivity contribution is 5.38. The van der Waals surface area contributed by atoms with Gasteiger partial charge in [0, 0.05) is 12.8 Å². The van der Waals surface area contributed by atoms with Gasteiger partial charge in [0.05, 0.1) is 12.2 Å². The maximum Gasteiger partial charge on any atom is 0.275 e. The van der Waals surface area contributed by atoms with E-state index in [0.29, 0.717) is 36.7 Å². The van der Waals surface area contributed by atoms with E-state index >= 15 is 0 Å². The summed E-state index contributed by atoms with van der Waals surface area (Å²) < 4.78 is 28.6. The number of allylic oxidation sites excluding steroid dienone is 3. The van der Waals surface area contributed by atoms with Gasteiger partial charge < -0.3 is 15.3 Å². The van der Waals surface area contributed by atoms with Crippen LogP contribution in [0, 0.1) is 23.2 Å². The molecule has 6 unspecified atom stereocenters. The van der Waals surface area contributed by atoms with Crippen LogP contribution in [0.3, 0.4) is 0 Å². The minimum absolute atomic E-state index is 0.106. The van der Waals surface area contributed by atoms with Gasteiger partial charge in [-0.05, 0) is 93.1 Å². The predicted octanol–water partition coefficient (Wildman–Crippen LogP) is 5.95. The molecule has 3 aliphatic rings. The van der Waals surface area contributed by atoms with Crippen molar-refractivity contribution in [2.75, 3.05) is 0 Å². The molecule has 182 valence electrons. The highest BCUT2D eigenvalue weighted by Crippen LogP contribution is 2.60. The van der Waals surface area contributed by atoms with Crippen molar-refractivity contribution in [1.29, 1.82) is 0 Å². The van der Waals surface area contributed by atoms with Gasteiger partial charge in [-0.15, -0.1) is 0 Å². The standard InChI is InChI=1S/C27H42F2O3/c1-17(12-14-27(28,29)25(3,4)32)22-10-11-23-19(7-6-13-26(22,23)5)8-9-20-15-21(30)16-24(31)18(20)2/h8-9,17,21-24,30-32H,2,6-7,10-16H2,1,3-5H3/b19-8+,20-9-. The van der Waals surface area contributed by atoms with Crippen LogP contribution < -0.4 is 0 Å². The second-order valence-corrected chi connectivity index (χ2v) is 11.4. The molecule has 3 aliphatic carbocycles. The highest BCUT2D eigenvalue weighted by Gasteiger charge is 2.51. The van der Waals surface area contributed by atoms with Crippen LogP contribution in [0.5, 0.6) is 0 Å². The maximum absolute atomic E-state index is 14.3. The highest BCUT2D eigenvalue weighted by atomic mass is 19.3. The molecule has 3 N–H and O–H groups in total. The second-order valence-electron chi connectivity index (χ2n) is 11.4. The first kappa shape index (κ1) is 25.6. The number of hydrogen-bond acceptors (Lipinski definition) is 3. The summed E-state index contributed by atoms with van der Waals surface area (Å²) in [6.07, 6.45) is 9.40. The van der Waals surface area contributed by atoms with Crippen molar-refractivity contribution >= 4 is 0 Å². The Bertz CT molecular complexity index is 763. The quantitative estimate of drug-likeness (QED) is 0.467. The van der Waals surface area contributed by atoms with E-state index in [2.05, 4.69) is 26.5 Å². The third-order valence-electron chi connectivity index (χ3n) is 8.80. The predicted molar refractivity (Wildman–Crippen MR) is 124 cm³/mol. The molecule has 3 nitrogen and oxygen atoms in total. The third kappa shape index (κ3) is 5.05. The molecule has 3 rings (SSSR count). The Labute approximate surface area is 192 Å². The first-order chi connectivity index (χ1) is 14.8. The Morgan fingerprint density at radius 1 is 1.22 bits per heavy atom. The summed E-state index contributed by atoms with van der Waals surface area (Å²) in [6, 6.07) is 0. The minimum Gasteiger partial charge on any atom is -0.393 e. The zero-order valence-corrected chi connectivity index (χ0v) is 20.2. The van der Waals surface area contributed by atoms with E-state index in [1.54, 1.807) is 0 Å². The molecule has 0 spiro atoms. The molecule has 3 saturated carbocycles. The average Bonchev–Trinajstić information content (AvgIpc) is 3.04. The van der Waals surface area contributed by atoms with Crippen molar-refractivity contribution in [3.63, 3.8) is 0 Å². The molecule has 0 radical (unpaired) electrons. The molecule has 0 bridgehead atoms. The van der Waals surface area contributed by atoms with Crippen LogP contribution in [0.25, 0.3) is 0 Å². The van der Waals surface area contributed by atoms with Gasteiger partial charge in [0.25, 0.3) is 5.92 Å². The second kappa shape index (κ2) is 9.31. The van der Waals surface area contributed by atoms with E-state index in [1.807, 2.05) is 6.08 Å². The van der Waals surface area contributed by atoms with Gasteiger partial charge in [-0.2, -0.15) is 0 Å². The van der Waals surface area contributed by atoms with E-state index in [1.165, 1.54) is 19.4 Å². The molecule has 0 amide bonds. The summed E-state index contributed by atoms with van der Waals surface area (Å²) >= 11 is 0. The number of fused-ring (bicyclic) bond motifs is 1. The number of aliphatic hydroxyl groups excluding tert-OH is 2. The molecular weight excluding hydrogens is 410 g/mol. The first-order valence-corrected chi connectivity index (χ1v) is 12.3. The average molecular weight is 453 g/mol. The Kier molecular flexibility index (Phi) is 7.44. The summed E-state index contributed by atoms with van der Waals surface area (Å²) in [5, 5.41) is 29.9. The van der Waals surface area contributed by atoms with Crippen LogP contribution in [0.2, 0.25) is 0 Å². The van der Waals surface area contributed by atoms with E-state index in [9.17, 15) is 24.1 Å². The summed E-state index contributed by atoms with van der Waals surface area (Å²) in [4.78, 5) is 0. The lowest BCUT2D eigenvalue weighted by Gasteiger charge is -2.44. The Hall–Kier alpha value is -1.04. The van der Waals surface area contributed by atoms with E-state index in [-0.39, 0.29) is 17.8 Å². The lowest BCUT2D eigenvalue weighted by molar-refractivity contribution is -0.168. The van der Waals surface area contributed by atoms with Gasteiger partial charge in [-0.1, -0.05) is 38.2 Å². The molecular formula is C27H42F2O3. The minimum atomic E-state index is -3.08. The van der Waals surface area contributed by atoms with Gasteiger partial charge in [0.1, 0.15) is 5.60 Å². The normalized spacial score (nSPS) is 37.7. The van der Waals surface area contributed by atoms with Gasteiger partial charge in [-0.25, -0.2) is 8.78 Å². The molecule has 0 saturated heterocycles. The monoisotopic (exact) mass is 452 g/mol. The van der Waals surface area contributed by atoms with Gasteiger partial charge >= 0.3 is 0 Å².